The van der Waals surface area contributed by atoms with Gasteiger partial charge < -0.3 is 34.9 Å². The second kappa shape index (κ2) is 15.9. The van der Waals surface area contributed by atoms with E-state index in [9.17, 15) is 14.7 Å². The van der Waals surface area contributed by atoms with Gasteiger partial charge in [-0.2, -0.15) is 0 Å². The minimum atomic E-state index is -0.634. The fourth-order valence-corrected chi connectivity index (χ4v) is 7.65. The van der Waals surface area contributed by atoms with Gasteiger partial charge >= 0.3 is 0 Å². The zero-order chi connectivity index (χ0) is 31.2. The summed E-state index contributed by atoms with van der Waals surface area (Å²) in [4.78, 5) is 29.1. The molecule has 0 radical (unpaired) electrons. The molecular formula is C31H57N7O6. The summed E-state index contributed by atoms with van der Waals surface area (Å²) in [5.74, 6) is 1.02. The molecule has 5 fully saturated rings. The number of hydrogen-bond donors (Lipinski definition) is 6. The van der Waals surface area contributed by atoms with Crippen LogP contribution in [0.25, 0.3) is 0 Å². The molecule has 0 bridgehead atoms. The standard InChI is InChI=1S/C31H57N7O6/c1-19-28(44-18-34-19)17-43-25-6-5-21-10-26(32-13-23(21)9-25)27(40)14-33-31(41)22-11-29(35-24-15-38(16-24)20(2)39)36-30(12-22)37(3)7-8-42-4/h19,21-30,32,34-36,40H,5-18H2,1-4H3,(H,33,41)/t19?,21?,22?,23?,25?,26-,27+,28?,29?,30?/m0/s1. The molecule has 0 aromatic heterocycles. The lowest BCUT2D eigenvalue weighted by molar-refractivity contribution is -0.133. The SMILES string of the molecule is COCCN(C)C1CC(C(=O)NC[C@@H](O)[C@@H]2CC3CCC(OCC4OCNC4C)CC3CN2)CC(NC2CN(C(C)=O)C2)N1. The lowest BCUT2D eigenvalue weighted by Crippen LogP contribution is -2.67. The number of fused-ring (bicyclic) bond motifs is 1. The first kappa shape index (κ1) is 33.9. The number of piperidine rings is 2. The van der Waals surface area contributed by atoms with E-state index < -0.39 is 6.10 Å². The number of amides is 2. The Hall–Kier alpha value is -1.42. The van der Waals surface area contributed by atoms with Gasteiger partial charge in [0.25, 0.3) is 0 Å². The van der Waals surface area contributed by atoms with Crippen molar-refractivity contribution < 1.29 is 28.9 Å². The highest BCUT2D eigenvalue weighted by atomic mass is 16.5. The van der Waals surface area contributed by atoms with Crippen molar-refractivity contribution in [2.24, 2.45) is 17.8 Å². The Balaban J connectivity index is 1.06. The third kappa shape index (κ3) is 8.89. The van der Waals surface area contributed by atoms with Crippen LogP contribution in [0.2, 0.25) is 0 Å². The molecule has 4 aliphatic heterocycles. The van der Waals surface area contributed by atoms with Crippen molar-refractivity contribution in [3.05, 3.63) is 0 Å². The third-order valence-corrected chi connectivity index (χ3v) is 10.7. The van der Waals surface area contributed by atoms with Gasteiger partial charge in [-0.3, -0.25) is 30.4 Å². The minimum absolute atomic E-state index is 0.0106. The van der Waals surface area contributed by atoms with Crippen molar-refractivity contribution in [1.82, 2.24) is 36.4 Å². The number of nitrogens with zero attached hydrogens (tertiary/aromatic N) is 2. The van der Waals surface area contributed by atoms with E-state index in [4.69, 9.17) is 14.2 Å². The molecule has 5 aliphatic rings. The summed E-state index contributed by atoms with van der Waals surface area (Å²) in [6.45, 7) is 8.84. The molecule has 0 aromatic rings. The number of methoxy groups -OCH3 is 1. The fraction of sp³-hybridized carbons (Fsp3) is 0.935. The van der Waals surface area contributed by atoms with E-state index in [0.29, 0.717) is 63.8 Å². The van der Waals surface area contributed by atoms with E-state index >= 15 is 0 Å². The van der Waals surface area contributed by atoms with Crippen molar-refractivity contribution in [3.8, 4) is 0 Å². The van der Waals surface area contributed by atoms with Gasteiger partial charge in [0.2, 0.25) is 11.8 Å². The number of nitrogens with one attached hydrogen (secondary N) is 5. The van der Waals surface area contributed by atoms with Crippen LogP contribution in [0.3, 0.4) is 0 Å². The number of rotatable bonds is 13. The van der Waals surface area contributed by atoms with Crippen molar-refractivity contribution in [2.75, 3.05) is 66.8 Å². The number of hydrogen-bond acceptors (Lipinski definition) is 11. The molecule has 4 heterocycles. The number of likely N-dealkylation sites (N-methyl/N-ethyl adjacent to an activating group) is 1. The minimum Gasteiger partial charge on any atom is -0.390 e. The number of ether oxygens (including phenoxy) is 3. The number of carbonyl (C=O) groups excluding carboxylic acids is 2. The number of aliphatic hydroxyl groups excluding tert-OH is 1. The van der Waals surface area contributed by atoms with Crippen LogP contribution in [0.15, 0.2) is 0 Å². The Morgan fingerprint density at radius 3 is 2.68 bits per heavy atom. The van der Waals surface area contributed by atoms with Crippen LogP contribution in [0.4, 0.5) is 0 Å². The molecule has 2 amide bonds. The van der Waals surface area contributed by atoms with Crippen LogP contribution in [0.1, 0.15) is 52.4 Å². The maximum Gasteiger partial charge on any atom is 0.223 e. The molecule has 10 atom stereocenters. The molecule has 252 valence electrons. The normalized spacial score (nSPS) is 37.0. The Morgan fingerprint density at radius 1 is 1.14 bits per heavy atom. The molecule has 5 rings (SSSR count). The van der Waals surface area contributed by atoms with E-state index in [1.54, 1.807) is 14.0 Å². The van der Waals surface area contributed by atoms with Crippen LogP contribution in [0.5, 0.6) is 0 Å². The first-order valence-corrected chi connectivity index (χ1v) is 16.8. The molecule has 13 heteroatoms. The predicted octanol–water partition coefficient (Wildman–Crippen LogP) is -0.988. The molecule has 1 aliphatic carbocycles. The summed E-state index contributed by atoms with van der Waals surface area (Å²) < 4.78 is 17.2. The Morgan fingerprint density at radius 2 is 1.95 bits per heavy atom. The van der Waals surface area contributed by atoms with E-state index in [1.165, 1.54) is 0 Å². The fourth-order valence-electron chi connectivity index (χ4n) is 7.65. The zero-order valence-corrected chi connectivity index (χ0v) is 27.1. The van der Waals surface area contributed by atoms with Crippen LogP contribution >= 0.6 is 0 Å². The second-order valence-electron chi connectivity index (χ2n) is 13.9. The van der Waals surface area contributed by atoms with Gasteiger partial charge in [-0.15, -0.1) is 0 Å². The van der Waals surface area contributed by atoms with Crippen molar-refractivity contribution >= 4 is 11.8 Å². The molecule has 6 N–H and O–H groups in total. The summed E-state index contributed by atoms with van der Waals surface area (Å²) in [6.07, 6.45) is 5.21. The highest BCUT2D eigenvalue weighted by molar-refractivity contribution is 5.79. The highest BCUT2D eigenvalue weighted by Gasteiger charge is 2.40. The Labute approximate surface area is 262 Å². The van der Waals surface area contributed by atoms with Gasteiger partial charge in [0.05, 0.1) is 50.6 Å². The third-order valence-electron chi connectivity index (χ3n) is 10.7. The lowest BCUT2D eigenvalue weighted by Gasteiger charge is -2.45. The van der Waals surface area contributed by atoms with Crippen molar-refractivity contribution in [2.45, 2.75) is 101 Å². The van der Waals surface area contributed by atoms with Crippen LogP contribution < -0.4 is 26.6 Å². The molecular weight excluding hydrogens is 566 g/mol. The van der Waals surface area contributed by atoms with E-state index in [1.807, 2.05) is 11.9 Å². The summed E-state index contributed by atoms with van der Waals surface area (Å²) >= 11 is 0. The zero-order valence-electron chi connectivity index (χ0n) is 27.1. The highest BCUT2D eigenvalue weighted by Crippen LogP contribution is 2.37. The van der Waals surface area contributed by atoms with Gasteiger partial charge in [-0.05, 0) is 70.9 Å². The number of aliphatic hydroxyl groups is 1. The summed E-state index contributed by atoms with van der Waals surface area (Å²) in [7, 11) is 3.74. The molecule has 44 heavy (non-hydrogen) atoms. The Bertz CT molecular complexity index is 941. The first-order valence-electron chi connectivity index (χ1n) is 16.8. The molecule has 0 spiro atoms. The van der Waals surface area contributed by atoms with Gasteiger partial charge in [0.15, 0.2) is 0 Å². The maximum atomic E-state index is 13.4. The molecule has 4 saturated heterocycles. The van der Waals surface area contributed by atoms with Crippen LogP contribution in [-0.4, -0.2) is 142 Å². The topological polar surface area (TPSA) is 149 Å². The number of carbonyl (C=O) groups is 2. The molecule has 13 nitrogen and oxygen atoms in total. The monoisotopic (exact) mass is 623 g/mol. The van der Waals surface area contributed by atoms with E-state index in [0.717, 1.165) is 38.8 Å². The summed E-state index contributed by atoms with van der Waals surface area (Å²) in [5, 5.41) is 28.4. The number of likely N-dealkylation sites (tertiary alicyclic amines) is 1. The van der Waals surface area contributed by atoms with Crippen molar-refractivity contribution in [1.29, 1.82) is 0 Å². The van der Waals surface area contributed by atoms with Crippen LogP contribution in [-0.2, 0) is 23.8 Å². The maximum absolute atomic E-state index is 13.4. The first-order chi connectivity index (χ1) is 21.2. The average Bonchev–Trinajstić information content (AvgIpc) is 3.42. The van der Waals surface area contributed by atoms with Crippen molar-refractivity contribution in [3.63, 3.8) is 0 Å². The quantitative estimate of drug-likeness (QED) is 0.150. The second-order valence-corrected chi connectivity index (χ2v) is 13.9. The smallest absolute Gasteiger partial charge is 0.223 e. The molecule has 1 saturated carbocycles. The molecule has 0 aromatic carbocycles. The van der Waals surface area contributed by atoms with Gasteiger partial charge in [-0.1, -0.05) is 0 Å². The summed E-state index contributed by atoms with van der Waals surface area (Å²) in [6, 6.07) is 0.524. The van der Waals surface area contributed by atoms with Crippen LogP contribution in [0, 0.1) is 17.8 Å². The van der Waals surface area contributed by atoms with Gasteiger partial charge in [0, 0.05) is 64.3 Å². The predicted molar refractivity (Wildman–Crippen MR) is 165 cm³/mol. The average molecular weight is 624 g/mol. The van der Waals surface area contributed by atoms with Gasteiger partial charge in [0.1, 0.15) is 0 Å². The van der Waals surface area contributed by atoms with E-state index in [2.05, 4.69) is 38.4 Å². The molecule has 8 unspecified atom stereocenters. The Kier molecular flexibility index (Phi) is 12.3. The lowest BCUT2D eigenvalue weighted by atomic mass is 9.72. The largest absolute Gasteiger partial charge is 0.390 e. The van der Waals surface area contributed by atoms with Gasteiger partial charge in [-0.25, -0.2) is 0 Å². The van der Waals surface area contributed by atoms with E-state index in [-0.39, 0.29) is 60.9 Å². The summed E-state index contributed by atoms with van der Waals surface area (Å²) in [5.41, 5.74) is 0.